The lowest BCUT2D eigenvalue weighted by Gasteiger charge is -2.31. The fourth-order valence-corrected chi connectivity index (χ4v) is 2.06. The van der Waals surface area contributed by atoms with Crippen LogP contribution in [0.4, 0.5) is 4.79 Å². The Morgan fingerprint density at radius 3 is 3.10 bits per heavy atom. The highest BCUT2D eigenvalue weighted by molar-refractivity contribution is 5.67. The minimum atomic E-state index is -0.333. The second-order valence-corrected chi connectivity index (χ2v) is 4.35. The standard InChI is InChI=1S/C13H16N4O3/c1-2-19-13(18)17-7-3-4-10(9-17)20-12-11(8-14)15-5-6-16-12/h5-6,10H,2-4,7,9H2,1H3. The van der Waals surface area contributed by atoms with Crippen LogP contribution in [0.1, 0.15) is 25.5 Å². The number of rotatable bonds is 3. The molecule has 0 saturated carbocycles. The van der Waals surface area contributed by atoms with Crippen LogP contribution in [0.25, 0.3) is 0 Å². The highest BCUT2D eigenvalue weighted by Gasteiger charge is 2.26. The lowest BCUT2D eigenvalue weighted by atomic mass is 10.1. The summed E-state index contributed by atoms with van der Waals surface area (Å²) in [5.74, 6) is 0.214. The third-order valence-electron chi connectivity index (χ3n) is 2.95. The van der Waals surface area contributed by atoms with Crippen molar-refractivity contribution in [3.63, 3.8) is 0 Å². The molecule has 0 radical (unpaired) electrons. The molecule has 0 aliphatic carbocycles. The van der Waals surface area contributed by atoms with Gasteiger partial charge in [0.2, 0.25) is 5.69 Å². The van der Waals surface area contributed by atoms with E-state index in [-0.39, 0.29) is 23.8 Å². The van der Waals surface area contributed by atoms with E-state index >= 15 is 0 Å². The van der Waals surface area contributed by atoms with E-state index in [1.54, 1.807) is 11.8 Å². The number of carbonyl (C=O) groups is 1. The highest BCUT2D eigenvalue weighted by atomic mass is 16.6. The number of piperidine rings is 1. The molecule has 20 heavy (non-hydrogen) atoms. The first-order chi connectivity index (χ1) is 9.74. The monoisotopic (exact) mass is 276 g/mol. The molecule has 1 aliphatic rings. The first-order valence-electron chi connectivity index (χ1n) is 6.54. The molecule has 0 bridgehead atoms. The van der Waals surface area contributed by atoms with Gasteiger partial charge in [0.05, 0.1) is 13.2 Å². The molecule has 1 atom stereocenters. The van der Waals surface area contributed by atoms with Crippen LogP contribution in [0.3, 0.4) is 0 Å². The quantitative estimate of drug-likeness (QED) is 0.828. The second-order valence-electron chi connectivity index (χ2n) is 4.35. The van der Waals surface area contributed by atoms with Gasteiger partial charge in [-0.15, -0.1) is 0 Å². The Bertz CT molecular complexity index is 515. The molecule has 1 saturated heterocycles. The first-order valence-corrected chi connectivity index (χ1v) is 6.54. The molecule has 2 heterocycles. The van der Waals surface area contributed by atoms with E-state index in [9.17, 15) is 4.79 Å². The number of carbonyl (C=O) groups excluding carboxylic acids is 1. The van der Waals surface area contributed by atoms with Crippen molar-refractivity contribution in [2.75, 3.05) is 19.7 Å². The molecule has 1 aromatic rings. The Kier molecular flexibility index (Phi) is 4.71. The van der Waals surface area contributed by atoms with E-state index in [0.29, 0.717) is 19.7 Å². The van der Waals surface area contributed by atoms with Crippen molar-refractivity contribution in [3.8, 4) is 11.9 Å². The van der Waals surface area contributed by atoms with Gasteiger partial charge in [-0.2, -0.15) is 5.26 Å². The maximum atomic E-state index is 11.7. The number of hydrogen-bond acceptors (Lipinski definition) is 6. The van der Waals surface area contributed by atoms with Crippen molar-refractivity contribution >= 4 is 6.09 Å². The van der Waals surface area contributed by atoms with E-state index in [4.69, 9.17) is 14.7 Å². The van der Waals surface area contributed by atoms with Gasteiger partial charge >= 0.3 is 6.09 Å². The summed E-state index contributed by atoms with van der Waals surface area (Å²) in [6.07, 6.45) is 4.01. The molecule has 7 heteroatoms. The maximum Gasteiger partial charge on any atom is 0.409 e. The van der Waals surface area contributed by atoms with E-state index < -0.39 is 0 Å². The summed E-state index contributed by atoms with van der Waals surface area (Å²) in [7, 11) is 0. The number of ether oxygens (including phenoxy) is 2. The van der Waals surface area contributed by atoms with Crippen LogP contribution in [0.15, 0.2) is 12.4 Å². The van der Waals surface area contributed by atoms with Crippen LogP contribution >= 0.6 is 0 Å². The Hall–Kier alpha value is -2.36. The Labute approximate surface area is 117 Å². The van der Waals surface area contributed by atoms with Gasteiger partial charge < -0.3 is 14.4 Å². The maximum absolute atomic E-state index is 11.7. The van der Waals surface area contributed by atoms with E-state index in [1.807, 2.05) is 6.07 Å². The van der Waals surface area contributed by atoms with Crippen LogP contribution in [0.5, 0.6) is 5.88 Å². The van der Waals surface area contributed by atoms with Crippen LogP contribution in [-0.4, -0.2) is 46.8 Å². The number of likely N-dealkylation sites (tertiary alicyclic amines) is 1. The lowest BCUT2D eigenvalue weighted by molar-refractivity contribution is 0.0592. The number of amides is 1. The average Bonchev–Trinajstić information content (AvgIpc) is 2.48. The smallest absolute Gasteiger partial charge is 0.409 e. The molecule has 2 rings (SSSR count). The predicted molar refractivity (Wildman–Crippen MR) is 69.0 cm³/mol. The van der Waals surface area contributed by atoms with Gasteiger partial charge in [-0.25, -0.2) is 14.8 Å². The van der Waals surface area contributed by atoms with Gasteiger partial charge in [-0.05, 0) is 19.8 Å². The topological polar surface area (TPSA) is 88.3 Å². The fourth-order valence-electron chi connectivity index (χ4n) is 2.06. The lowest BCUT2D eigenvalue weighted by Crippen LogP contribution is -2.44. The predicted octanol–water partition coefficient (Wildman–Crippen LogP) is 1.35. The third-order valence-corrected chi connectivity index (χ3v) is 2.95. The van der Waals surface area contributed by atoms with Crippen molar-refractivity contribution in [2.24, 2.45) is 0 Å². The summed E-state index contributed by atoms with van der Waals surface area (Å²) in [4.78, 5) is 21.2. The van der Waals surface area contributed by atoms with Gasteiger partial charge in [0.15, 0.2) is 0 Å². The normalized spacial score (nSPS) is 18.2. The largest absolute Gasteiger partial charge is 0.470 e. The Morgan fingerprint density at radius 2 is 2.35 bits per heavy atom. The van der Waals surface area contributed by atoms with Crippen LogP contribution in [0, 0.1) is 11.3 Å². The number of nitriles is 1. The van der Waals surface area contributed by atoms with Gasteiger partial charge in [-0.1, -0.05) is 0 Å². The van der Waals surface area contributed by atoms with Crippen LogP contribution in [0.2, 0.25) is 0 Å². The molecule has 7 nitrogen and oxygen atoms in total. The number of nitrogens with zero attached hydrogens (tertiary/aromatic N) is 4. The van der Waals surface area contributed by atoms with Crippen molar-refractivity contribution in [1.82, 2.24) is 14.9 Å². The molecule has 1 fully saturated rings. The molecule has 1 aromatic heterocycles. The van der Waals surface area contributed by atoms with E-state index in [1.165, 1.54) is 12.4 Å². The van der Waals surface area contributed by atoms with Crippen LogP contribution in [-0.2, 0) is 4.74 Å². The second kappa shape index (κ2) is 6.70. The Balaban J connectivity index is 1.99. The van der Waals surface area contributed by atoms with Gasteiger partial charge in [-0.3, -0.25) is 0 Å². The van der Waals surface area contributed by atoms with E-state index in [2.05, 4.69) is 9.97 Å². The van der Waals surface area contributed by atoms with E-state index in [0.717, 1.165) is 12.8 Å². The summed E-state index contributed by atoms with van der Waals surface area (Å²) in [6.45, 7) is 3.21. The molecular weight excluding hydrogens is 260 g/mol. The number of hydrogen-bond donors (Lipinski definition) is 0. The van der Waals surface area contributed by atoms with Crippen molar-refractivity contribution in [2.45, 2.75) is 25.9 Å². The molecule has 0 N–H and O–H groups in total. The first kappa shape index (κ1) is 14.1. The molecular formula is C13H16N4O3. The number of aromatic nitrogens is 2. The van der Waals surface area contributed by atoms with Gasteiger partial charge in [0, 0.05) is 18.9 Å². The minimum Gasteiger partial charge on any atom is -0.470 e. The van der Waals surface area contributed by atoms with Gasteiger partial charge in [0.1, 0.15) is 12.2 Å². The third kappa shape index (κ3) is 3.35. The molecule has 1 unspecified atom stereocenters. The zero-order valence-electron chi connectivity index (χ0n) is 11.3. The summed E-state index contributed by atoms with van der Waals surface area (Å²) in [6, 6.07) is 1.94. The van der Waals surface area contributed by atoms with Crippen molar-refractivity contribution in [3.05, 3.63) is 18.1 Å². The molecule has 1 aliphatic heterocycles. The Morgan fingerprint density at radius 1 is 1.55 bits per heavy atom. The SMILES string of the molecule is CCOC(=O)N1CCCC(Oc2nccnc2C#N)C1. The van der Waals surface area contributed by atoms with Crippen molar-refractivity contribution in [1.29, 1.82) is 5.26 Å². The summed E-state index contributed by atoms with van der Waals surface area (Å²) >= 11 is 0. The fraction of sp³-hybridized carbons (Fsp3) is 0.538. The summed E-state index contributed by atoms with van der Waals surface area (Å²) in [5.41, 5.74) is 0.153. The molecule has 106 valence electrons. The summed E-state index contributed by atoms with van der Waals surface area (Å²) in [5, 5.41) is 8.94. The molecule has 1 amide bonds. The van der Waals surface area contributed by atoms with Crippen molar-refractivity contribution < 1.29 is 14.3 Å². The van der Waals surface area contributed by atoms with Crippen LogP contribution < -0.4 is 4.74 Å². The molecule has 0 aromatic carbocycles. The zero-order chi connectivity index (χ0) is 14.4. The van der Waals surface area contributed by atoms with Gasteiger partial charge in [0.25, 0.3) is 5.88 Å². The molecule has 0 spiro atoms. The summed E-state index contributed by atoms with van der Waals surface area (Å²) < 4.78 is 10.7. The average molecular weight is 276 g/mol. The zero-order valence-corrected chi connectivity index (χ0v) is 11.3. The highest BCUT2D eigenvalue weighted by Crippen LogP contribution is 2.18. The minimum absolute atomic E-state index is 0.153.